The van der Waals surface area contributed by atoms with E-state index in [9.17, 15) is 8.78 Å². The van der Waals surface area contributed by atoms with Crippen molar-refractivity contribution in [1.29, 1.82) is 5.26 Å². The molecule has 3 rings (SSSR count). The summed E-state index contributed by atoms with van der Waals surface area (Å²) < 4.78 is 37.9. The lowest BCUT2D eigenvalue weighted by atomic mass is 10.3. The molecule has 0 radical (unpaired) electrons. The average molecular weight is 454 g/mol. The molecule has 0 atom stereocenters. The number of hydrogen-bond acceptors (Lipinski definition) is 11. The number of thiazole rings is 1. The molecule has 0 spiro atoms. The molecule has 158 valence electrons. The molecule has 13 heteroatoms. The standard InChI is InChI=1S/C17H17F2N7O2S2/c1-11-6-12(8-21-7-11)26(28-30-25(2)5-3-4-20)10-14-22-9-13(29-14)16-23-24-17(27-16)15(18)19/h6-9,15H,3,5,10H2,1-2H3. The Kier molecular flexibility index (Phi) is 7.63. The molecule has 0 amide bonds. The van der Waals surface area contributed by atoms with Gasteiger partial charge in [0.2, 0.25) is 0 Å². The second-order valence-corrected chi connectivity index (χ2v) is 8.07. The van der Waals surface area contributed by atoms with Crippen LogP contribution < -0.4 is 5.06 Å². The number of aryl methyl sites for hydroxylation is 1. The molecule has 0 unspecified atom stereocenters. The highest BCUT2D eigenvalue weighted by Crippen LogP contribution is 2.30. The fourth-order valence-corrected chi connectivity index (χ4v) is 3.52. The predicted octanol–water partition coefficient (Wildman–Crippen LogP) is 4.18. The summed E-state index contributed by atoms with van der Waals surface area (Å²) in [7, 11) is 1.81. The number of alkyl halides is 2. The number of halogens is 2. The van der Waals surface area contributed by atoms with Crippen LogP contribution in [-0.4, -0.2) is 38.1 Å². The third kappa shape index (κ3) is 5.92. The Balaban J connectivity index is 1.74. The van der Waals surface area contributed by atoms with Crippen LogP contribution in [-0.2, 0) is 10.8 Å². The Labute approximate surface area is 179 Å². The summed E-state index contributed by atoms with van der Waals surface area (Å²) in [4.78, 5) is 8.97. The number of hydroxylamine groups is 1. The monoisotopic (exact) mass is 453 g/mol. The third-order valence-electron chi connectivity index (χ3n) is 3.61. The second-order valence-electron chi connectivity index (χ2n) is 6.03. The molecule has 3 aromatic heterocycles. The molecule has 0 bridgehead atoms. The molecule has 0 aliphatic rings. The summed E-state index contributed by atoms with van der Waals surface area (Å²) in [6, 6.07) is 3.99. The van der Waals surface area contributed by atoms with Gasteiger partial charge in [0.1, 0.15) is 22.1 Å². The van der Waals surface area contributed by atoms with Gasteiger partial charge in [0.25, 0.3) is 11.8 Å². The number of pyridine rings is 1. The van der Waals surface area contributed by atoms with Gasteiger partial charge in [-0.25, -0.2) is 14.4 Å². The highest BCUT2D eigenvalue weighted by Gasteiger charge is 2.20. The Hall–Kier alpha value is -2.66. The van der Waals surface area contributed by atoms with Gasteiger partial charge >= 0.3 is 6.43 Å². The molecular formula is C17H17F2N7O2S2. The van der Waals surface area contributed by atoms with Gasteiger partial charge in [-0.2, -0.15) is 18.3 Å². The molecule has 0 fully saturated rings. The Morgan fingerprint density at radius 2 is 2.17 bits per heavy atom. The van der Waals surface area contributed by atoms with E-state index in [1.165, 1.54) is 17.5 Å². The first-order valence-electron chi connectivity index (χ1n) is 8.65. The molecule has 0 saturated heterocycles. The van der Waals surface area contributed by atoms with Crippen LogP contribution in [0.4, 0.5) is 14.5 Å². The maximum absolute atomic E-state index is 12.7. The molecule has 9 nitrogen and oxygen atoms in total. The van der Waals surface area contributed by atoms with Gasteiger partial charge in [0.05, 0.1) is 30.7 Å². The third-order valence-corrected chi connectivity index (χ3v) is 5.26. The number of rotatable bonds is 10. The van der Waals surface area contributed by atoms with Crippen molar-refractivity contribution in [3.8, 4) is 16.8 Å². The molecule has 0 saturated carbocycles. The van der Waals surface area contributed by atoms with Crippen molar-refractivity contribution in [2.75, 3.05) is 18.7 Å². The summed E-state index contributed by atoms with van der Waals surface area (Å²) >= 11 is 2.31. The van der Waals surface area contributed by atoms with Crippen LogP contribution in [0, 0.1) is 18.3 Å². The van der Waals surface area contributed by atoms with Crippen molar-refractivity contribution in [2.24, 2.45) is 0 Å². The predicted molar refractivity (Wildman–Crippen MR) is 107 cm³/mol. The summed E-state index contributed by atoms with van der Waals surface area (Å²) in [5, 5.41) is 17.9. The van der Waals surface area contributed by atoms with Crippen LogP contribution in [0.1, 0.15) is 29.3 Å². The minimum absolute atomic E-state index is 0.00986. The normalized spacial score (nSPS) is 11.2. The van der Waals surface area contributed by atoms with Gasteiger partial charge in [-0.3, -0.25) is 4.98 Å². The van der Waals surface area contributed by atoms with Crippen molar-refractivity contribution in [2.45, 2.75) is 26.3 Å². The minimum Gasteiger partial charge on any atom is -0.414 e. The van der Waals surface area contributed by atoms with Gasteiger partial charge in [0.15, 0.2) is 0 Å². The fraction of sp³-hybridized carbons (Fsp3) is 0.353. The molecule has 3 heterocycles. The Morgan fingerprint density at radius 3 is 2.87 bits per heavy atom. The zero-order valence-electron chi connectivity index (χ0n) is 16.0. The molecule has 0 aliphatic heterocycles. The van der Waals surface area contributed by atoms with E-state index >= 15 is 0 Å². The summed E-state index contributed by atoms with van der Waals surface area (Å²) in [5.74, 6) is -0.739. The highest BCUT2D eigenvalue weighted by atomic mass is 32.2. The smallest absolute Gasteiger partial charge is 0.314 e. The molecule has 0 N–H and O–H groups in total. The fourth-order valence-electron chi connectivity index (χ4n) is 2.21. The summed E-state index contributed by atoms with van der Waals surface area (Å²) in [6.45, 7) is 2.72. The van der Waals surface area contributed by atoms with Crippen LogP contribution in [0.5, 0.6) is 0 Å². The number of aromatic nitrogens is 4. The highest BCUT2D eigenvalue weighted by molar-refractivity contribution is 7.92. The number of nitrogens with zero attached hydrogens (tertiary/aromatic N) is 7. The first kappa shape index (κ1) is 22.0. The summed E-state index contributed by atoms with van der Waals surface area (Å²) in [6.07, 6.45) is 2.42. The number of nitriles is 1. The van der Waals surface area contributed by atoms with Crippen molar-refractivity contribution in [3.63, 3.8) is 0 Å². The topological polar surface area (TPSA) is 104 Å². The molecule has 30 heavy (non-hydrogen) atoms. The molecule has 0 aliphatic carbocycles. The zero-order chi connectivity index (χ0) is 21.5. The van der Waals surface area contributed by atoms with Crippen molar-refractivity contribution in [1.82, 2.24) is 24.5 Å². The van der Waals surface area contributed by atoms with E-state index in [2.05, 4.69) is 26.2 Å². The zero-order valence-corrected chi connectivity index (χ0v) is 17.7. The first-order valence-corrected chi connectivity index (χ1v) is 10.2. The quantitative estimate of drug-likeness (QED) is 0.252. The van der Waals surface area contributed by atoms with Crippen molar-refractivity contribution in [3.05, 3.63) is 41.1 Å². The van der Waals surface area contributed by atoms with Gasteiger partial charge in [-0.1, -0.05) is 0 Å². The van der Waals surface area contributed by atoms with Gasteiger partial charge in [0, 0.05) is 19.2 Å². The lowest BCUT2D eigenvalue weighted by Crippen LogP contribution is -2.23. The maximum atomic E-state index is 12.7. The van der Waals surface area contributed by atoms with E-state index in [1.807, 2.05) is 20.0 Å². The minimum atomic E-state index is -2.83. The van der Waals surface area contributed by atoms with E-state index in [0.29, 0.717) is 28.5 Å². The first-order chi connectivity index (χ1) is 14.5. The van der Waals surface area contributed by atoms with E-state index in [1.54, 1.807) is 21.8 Å². The van der Waals surface area contributed by atoms with Gasteiger partial charge in [-0.05, 0) is 25.6 Å². The maximum Gasteiger partial charge on any atom is 0.314 e. The average Bonchev–Trinajstić information content (AvgIpc) is 3.39. The lowest BCUT2D eigenvalue weighted by molar-refractivity contribution is 0.116. The van der Waals surface area contributed by atoms with Crippen LogP contribution in [0.2, 0.25) is 0 Å². The van der Waals surface area contributed by atoms with E-state index < -0.39 is 12.3 Å². The largest absolute Gasteiger partial charge is 0.414 e. The summed E-state index contributed by atoms with van der Waals surface area (Å²) in [5.41, 5.74) is 1.67. The molecule has 3 aromatic rings. The molecule has 0 aromatic carbocycles. The Morgan fingerprint density at radius 1 is 1.33 bits per heavy atom. The lowest BCUT2D eigenvalue weighted by Gasteiger charge is -2.23. The molecular weight excluding hydrogens is 436 g/mol. The van der Waals surface area contributed by atoms with E-state index in [4.69, 9.17) is 14.0 Å². The van der Waals surface area contributed by atoms with Gasteiger partial charge in [-0.15, -0.1) is 21.5 Å². The Bertz CT molecular complexity index is 1010. The van der Waals surface area contributed by atoms with E-state index in [0.717, 1.165) is 17.8 Å². The number of anilines is 1. The van der Waals surface area contributed by atoms with Crippen LogP contribution in [0.3, 0.4) is 0 Å². The van der Waals surface area contributed by atoms with Crippen LogP contribution >= 0.6 is 23.6 Å². The van der Waals surface area contributed by atoms with Crippen LogP contribution in [0.15, 0.2) is 29.1 Å². The second kappa shape index (κ2) is 10.4. The van der Waals surface area contributed by atoms with Crippen molar-refractivity contribution < 1.29 is 17.5 Å². The van der Waals surface area contributed by atoms with Crippen molar-refractivity contribution >= 4 is 29.3 Å². The van der Waals surface area contributed by atoms with E-state index in [-0.39, 0.29) is 12.4 Å². The van der Waals surface area contributed by atoms with Crippen LogP contribution in [0.25, 0.3) is 10.8 Å². The van der Waals surface area contributed by atoms with Gasteiger partial charge < -0.3 is 4.42 Å². The SMILES string of the molecule is Cc1cncc(N(Cc2ncc(-c3nnc(C(F)F)o3)s2)OSN(C)CCC#N)c1. The number of hydrogen-bond donors (Lipinski definition) is 0.